The molecular formula is C15H21NO2. The van der Waals surface area contributed by atoms with Gasteiger partial charge in [-0.15, -0.1) is 0 Å². The summed E-state index contributed by atoms with van der Waals surface area (Å²) in [6.45, 7) is 6.22. The third-order valence-electron chi connectivity index (χ3n) is 3.44. The summed E-state index contributed by atoms with van der Waals surface area (Å²) in [7, 11) is 1.68. The lowest BCUT2D eigenvalue weighted by Crippen LogP contribution is -2.36. The van der Waals surface area contributed by atoms with Gasteiger partial charge in [-0.2, -0.15) is 0 Å². The Morgan fingerprint density at radius 2 is 2.22 bits per heavy atom. The molecule has 0 saturated heterocycles. The average Bonchev–Trinajstić information content (AvgIpc) is 2.29. The molecule has 1 aliphatic rings. The minimum absolute atomic E-state index is 0.0881. The molecule has 0 fully saturated rings. The van der Waals surface area contributed by atoms with E-state index in [2.05, 4.69) is 38.2 Å². The van der Waals surface area contributed by atoms with Crippen molar-refractivity contribution >= 4 is 5.91 Å². The van der Waals surface area contributed by atoms with Gasteiger partial charge in [-0.25, -0.2) is 0 Å². The van der Waals surface area contributed by atoms with E-state index in [1.807, 2.05) is 6.07 Å². The van der Waals surface area contributed by atoms with Crippen LogP contribution < -0.4 is 10.1 Å². The number of nitrogens with one attached hydrogen (secondary N) is 1. The Morgan fingerprint density at radius 3 is 2.89 bits per heavy atom. The van der Waals surface area contributed by atoms with Gasteiger partial charge in [-0.05, 0) is 38.8 Å². The van der Waals surface area contributed by atoms with Crippen LogP contribution in [0.5, 0.6) is 5.75 Å². The van der Waals surface area contributed by atoms with E-state index in [0.29, 0.717) is 6.42 Å². The highest BCUT2D eigenvalue weighted by Crippen LogP contribution is 2.42. The molecule has 0 bridgehead atoms. The van der Waals surface area contributed by atoms with Crippen molar-refractivity contribution in [2.45, 2.75) is 45.1 Å². The second kappa shape index (κ2) is 4.63. The molecule has 1 unspecified atom stereocenters. The van der Waals surface area contributed by atoms with E-state index in [1.165, 1.54) is 5.56 Å². The van der Waals surface area contributed by atoms with Crippen molar-refractivity contribution in [2.24, 2.45) is 0 Å². The lowest BCUT2D eigenvalue weighted by Gasteiger charge is -2.37. The fraction of sp³-hybridized carbons (Fsp3) is 0.533. The van der Waals surface area contributed by atoms with Gasteiger partial charge in [-0.3, -0.25) is 4.79 Å². The fourth-order valence-electron chi connectivity index (χ4n) is 2.63. The number of hydrogen-bond donors (Lipinski definition) is 1. The Morgan fingerprint density at radius 1 is 1.50 bits per heavy atom. The lowest BCUT2D eigenvalue weighted by molar-refractivity contribution is -0.121. The number of carbonyl (C=O) groups is 1. The number of fused-ring (bicyclic) bond motifs is 1. The monoisotopic (exact) mass is 247 g/mol. The summed E-state index contributed by atoms with van der Waals surface area (Å²) < 4.78 is 5.99. The fourth-order valence-corrected chi connectivity index (χ4v) is 2.63. The van der Waals surface area contributed by atoms with E-state index in [1.54, 1.807) is 7.05 Å². The van der Waals surface area contributed by atoms with Crippen LogP contribution in [0.1, 0.15) is 43.7 Å². The summed E-state index contributed by atoms with van der Waals surface area (Å²) in [5.41, 5.74) is 2.16. The largest absolute Gasteiger partial charge is 0.488 e. The molecule has 0 radical (unpaired) electrons. The molecule has 18 heavy (non-hydrogen) atoms. The van der Waals surface area contributed by atoms with Crippen LogP contribution in [0.4, 0.5) is 0 Å². The molecule has 1 aromatic rings. The van der Waals surface area contributed by atoms with Crippen LogP contribution in [0.2, 0.25) is 0 Å². The van der Waals surface area contributed by atoms with Crippen LogP contribution in [0.15, 0.2) is 18.2 Å². The molecule has 3 nitrogen and oxygen atoms in total. The number of carbonyl (C=O) groups excluding carboxylic acids is 1. The molecule has 1 amide bonds. The second-order valence-corrected chi connectivity index (χ2v) is 5.68. The summed E-state index contributed by atoms with van der Waals surface area (Å²) in [6.07, 6.45) is 1.40. The van der Waals surface area contributed by atoms with Crippen molar-refractivity contribution < 1.29 is 9.53 Å². The maximum Gasteiger partial charge on any atom is 0.220 e. The Hall–Kier alpha value is -1.51. The van der Waals surface area contributed by atoms with Crippen LogP contribution >= 0.6 is 0 Å². The summed E-state index contributed by atoms with van der Waals surface area (Å²) >= 11 is 0. The maximum absolute atomic E-state index is 11.6. The van der Waals surface area contributed by atoms with Gasteiger partial charge >= 0.3 is 0 Å². The number of rotatable bonds is 2. The van der Waals surface area contributed by atoms with Gasteiger partial charge in [0.1, 0.15) is 11.4 Å². The molecule has 1 aliphatic heterocycles. The highest BCUT2D eigenvalue weighted by atomic mass is 16.5. The van der Waals surface area contributed by atoms with Gasteiger partial charge in [0.05, 0.1) is 0 Å². The Balaban J connectivity index is 2.35. The predicted molar refractivity (Wildman–Crippen MR) is 71.9 cm³/mol. The first kappa shape index (κ1) is 12.9. The quantitative estimate of drug-likeness (QED) is 0.872. The number of ether oxygens (including phenoxy) is 1. The third kappa shape index (κ3) is 2.66. The Bertz CT molecular complexity index is 466. The zero-order valence-corrected chi connectivity index (χ0v) is 11.5. The summed E-state index contributed by atoms with van der Waals surface area (Å²) in [6, 6.07) is 6.21. The summed E-state index contributed by atoms with van der Waals surface area (Å²) in [5, 5.41) is 2.71. The number of amides is 1. The molecule has 3 heteroatoms. The number of aryl methyl sites for hydroxylation is 1. The minimum atomic E-state index is -0.207. The van der Waals surface area contributed by atoms with E-state index >= 15 is 0 Å². The van der Waals surface area contributed by atoms with Crippen LogP contribution in [0.3, 0.4) is 0 Å². The molecule has 1 heterocycles. The molecule has 1 atom stereocenters. The van der Waals surface area contributed by atoms with Gasteiger partial charge < -0.3 is 10.1 Å². The first-order chi connectivity index (χ1) is 8.41. The van der Waals surface area contributed by atoms with E-state index in [4.69, 9.17) is 4.74 Å². The molecule has 2 rings (SSSR count). The van der Waals surface area contributed by atoms with Crippen LogP contribution in [0, 0.1) is 6.92 Å². The molecule has 0 aromatic heterocycles. The number of benzene rings is 1. The van der Waals surface area contributed by atoms with E-state index in [0.717, 1.165) is 17.7 Å². The Labute approximate surface area is 109 Å². The smallest absolute Gasteiger partial charge is 0.220 e. The second-order valence-electron chi connectivity index (χ2n) is 5.68. The number of hydrogen-bond acceptors (Lipinski definition) is 2. The van der Waals surface area contributed by atoms with Gasteiger partial charge in [0.25, 0.3) is 0 Å². The molecule has 1 N–H and O–H groups in total. The zero-order chi connectivity index (χ0) is 13.3. The van der Waals surface area contributed by atoms with Crippen LogP contribution in [-0.2, 0) is 4.79 Å². The molecule has 98 valence electrons. The van der Waals surface area contributed by atoms with Crippen molar-refractivity contribution in [2.75, 3.05) is 7.05 Å². The highest BCUT2D eigenvalue weighted by molar-refractivity contribution is 5.76. The van der Waals surface area contributed by atoms with Crippen LogP contribution in [0.25, 0.3) is 0 Å². The van der Waals surface area contributed by atoms with Gasteiger partial charge in [0, 0.05) is 19.4 Å². The predicted octanol–water partition coefficient (Wildman–Crippen LogP) is 2.78. The molecule has 1 aromatic carbocycles. The van der Waals surface area contributed by atoms with Crippen molar-refractivity contribution in [1.82, 2.24) is 5.32 Å². The zero-order valence-electron chi connectivity index (χ0n) is 11.5. The van der Waals surface area contributed by atoms with E-state index in [9.17, 15) is 4.79 Å². The highest BCUT2D eigenvalue weighted by Gasteiger charge is 2.34. The van der Waals surface area contributed by atoms with Crippen molar-refractivity contribution in [3.05, 3.63) is 29.3 Å². The molecule has 0 aliphatic carbocycles. The van der Waals surface area contributed by atoms with Crippen LogP contribution in [-0.4, -0.2) is 18.6 Å². The van der Waals surface area contributed by atoms with E-state index in [-0.39, 0.29) is 17.4 Å². The Kier molecular flexibility index (Phi) is 3.33. The van der Waals surface area contributed by atoms with Crippen molar-refractivity contribution in [3.63, 3.8) is 0 Å². The first-order valence-corrected chi connectivity index (χ1v) is 6.41. The van der Waals surface area contributed by atoms with Crippen molar-refractivity contribution in [1.29, 1.82) is 0 Å². The minimum Gasteiger partial charge on any atom is -0.488 e. The van der Waals surface area contributed by atoms with Gasteiger partial charge in [0.15, 0.2) is 0 Å². The van der Waals surface area contributed by atoms with Crippen molar-refractivity contribution in [3.8, 4) is 5.75 Å². The summed E-state index contributed by atoms with van der Waals surface area (Å²) in [5.74, 6) is 1.25. The van der Waals surface area contributed by atoms with E-state index < -0.39 is 0 Å². The normalized spacial score (nSPS) is 20.8. The average molecular weight is 247 g/mol. The SMILES string of the molecule is CNC(=O)CC1CC(C)(C)Oc2ccc(C)cc21. The standard InChI is InChI=1S/C15H21NO2/c1-10-5-6-13-12(7-10)11(8-14(17)16-4)9-15(2,3)18-13/h5-7,11H,8-9H2,1-4H3,(H,16,17). The topological polar surface area (TPSA) is 38.3 Å². The molecule has 0 spiro atoms. The maximum atomic E-state index is 11.6. The first-order valence-electron chi connectivity index (χ1n) is 6.41. The molecule has 0 saturated carbocycles. The van der Waals surface area contributed by atoms with Gasteiger partial charge in [0.2, 0.25) is 5.91 Å². The molecular weight excluding hydrogens is 226 g/mol. The third-order valence-corrected chi connectivity index (χ3v) is 3.44. The lowest BCUT2D eigenvalue weighted by atomic mass is 9.82. The summed E-state index contributed by atoms with van der Waals surface area (Å²) in [4.78, 5) is 11.6. The van der Waals surface area contributed by atoms with Gasteiger partial charge in [-0.1, -0.05) is 17.7 Å².